The average molecular weight is 264 g/mol. The fourth-order valence-electron chi connectivity index (χ4n) is 3.39. The lowest BCUT2D eigenvalue weighted by molar-refractivity contribution is -0.0439. The molecule has 3 heteroatoms. The number of hydrogen-bond acceptors (Lipinski definition) is 3. The second-order valence-electron chi connectivity index (χ2n) is 5.60. The molecular formula is C16H24O3. The molecule has 1 unspecified atom stereocenters. The highest BCUT2D eigenvalue weighted by atomic mass is 16.5. The maximum absolute atomic E-state index is 9.65. The molecule has 0 heterocycles. The second-order valence-corrected chi connectivity index (χ2v) is 5.60. The van der Waals surface area contributed by atoms with Gasteiger partial charge in [0, 0.05) is 5.56 Å². The van der Waals surface area contributed by atoms with Crippen molar-refractivity contribution >= 4 is 0 Å². The summed E-state index contributed by atoms with van der Waals surface area (Å²) < 4.78 is 0. The summed E-state index contributed by atoms with van der Waals surface area (Å²) >= 11 is 0. The van der Waals surface area contributed by atoms with Crippen LogP contribution >= 0.6 is 0 Å². The van der Waals surface area contributed by atoms with E-state index in [1.807, 2.05) is 6.07 Å². The van der Waals surface area contributed by atoms with Gasteiger partial charge in [-0.25, -0.2) is 0 Å². The van der Waals surface area contributed by atoms with Crippen LogP contribution in [0.3, 0.4) is 0 Å². The maximum atomic E-state index is 9.65. The van der Waals surface area contributed by atoms with Gasteiger partial charge in [0.25, 0.3) is 0 Å². The van der Waals surface area contributed by atoms with Crippen LogP contribution in [0.2, 0.25) is 0 Å². The van der Waals surface area contributed by atoms with Crippen LogP contribution < -0.4 is 0 Å². The van der Waals surface area contributed by atoms with Gasteiger partial charge in [0.05, 0.1) is 0 Å². The van der Waals surface area contributed by atoms with Gasteiger partial charge in [-0.15, -0.1) is 0 Å². The van der Waals surface area contributed by atoms with Crippen LogP contribution in [0.4, 0.5) is 0 Å². The molecule has 1 saturated carbocycles. The number of phenolic OH excluding ortho intramolecular Hbond substituents is 1. The molecule has 1 aromatic carbocycles. The molecule has 0 aliphatic heterocycles. The Balaban J connectivity index is 2.24. The van der Waals surface area contributed by atoms with Crippen molar-refractivity contribution < 1.29 is 15.3 Å². The van der Waals surface area contributed by atoms with Gasteiger partial charge < -0.3 is 15.3 Å². The van der Waals surface area contributed by atoms with E-state index in [2.05, 4.69) is 6.92 Å². The van der Waals surface area contributed by atoms with E-state index in [0.29, 0.717) is 11.8 Å². The van der Waals surface area contributed by atoms with Gasteiger partial charge in [0.1, 0.15) is 5.75 Å². The standard InChI is InChI=1S/C16H24O3/c1-2-13(11-6-4-3-5-7-11)12-8-9-15(17)14(10-12)16(18)19/h8-11,13,16-19H,2-7H2,1H3. The minimum atomic E-state index is -1.61. The lowest BCUT2D eigenvalue weighted by Crippen LogP contribution is -2.16. The first-order chi connectivity index (χ1) is 9.13. The van der Waals surface area contributed by atoms with Crippen molar-refractivity contribution in [2.24, 2.45) is 5.92 Å². The van der Waals surface area contributed by atoms with Crippen LogP contribution in [0.5, 0.6) is 5.75 Å². The Labute approximate surface area is 114 Å². The number of aromatic hydroxyl groups is 1. The molecule has 1 atom stereocenters. The smallest absolute Gasteiger partial charge is 0.182 e. The predicted molar refractivity (Wildman–Crippen MR) is 74.9 cm³/mol. The Bertz CT molecular complexity index is 408. The SMILES string of the molecule is CCC(c1ccc(O)c(C(O)O)c1)C1CCCCC1. The van der Waals surface area contributed by atoms with E-state index in [9.17, 15) is 15.3 Å². The van der Waals surface area contributed by atoms with E-state index in [1.165, 1.54) is 32.1 Å². The van der Waals surface area contributed by atoms with Gasteiger partial charge in [-0.1, -0.05) is 32.3 Å². The van der Waals surface area contributed by atoms with Gasteiger partial charge in [0.15, 0.2) is 6.29 Å². The van der Waals surface area contributed by atoms with Gasteiger partial charge in [0.2, 0.25) is 0 Å². The average Bonchev–Trinajstić information content (AvgIpc) is 2.42. The molecule has 1 aromatic rings. The molecule has 0 saturated heterocycles. The van der Waals surface area contributed by atoms with E-state index in [1.54, 1.807) is 12.1 Å². The number of phenols is 1. The Morgan fingerprint density at radius 3 is 2.42 bits per heavy atom. The number of rotatable bonds is 4. The normalized spacial score (nSPS) is 18.7. The van der Waals surface area contributed by atoms with E-state index < -0.39 is 6.29 Å². The fraction of sp³-hybridized carbons (Fsp3) is 0.625. The Morgan fingerprint density at radius 2 is 1.84 bits per heavy atom. The number of hydrogen-bond donors (Lipinski definition) is 3. The van der Waals surface area contributed by atoms with Crippen LogP contribution in [0, 0.1) is 5.92 Å². The molecule has 1 aliphatic rings. The zero-order chi connectivity index (χ0) is 13.8. The van der Waals surface area contributed by atoms with Gasteiger partial charge in [-0.05, 0) is 48.8 Å². The highest BCUT2D eigenvalue weighted by molar-refractivity contribution is 5.38. The summed E-state index contributed by atoms with van der Waals surface area (Å²) in [4.78, 5) is 0. The van der Waals surface area contributed by atoms with Crippen molar-refractivity contribution in [1.82, 2.24) is 0 Å². The highest BCUT2D eigenvalue weighted by Gasteiger charge is 2.24. The Morgan fingerprint density at radius 1 is 1.16 bits per heavy atom. The molecule has 1 fully saturated rings. The molecule has 106 valence electrons. The first-order valence-electron chi connectivity index (χ1n) is 7.32. The molecule has 0 spiro atoms. The van der Waals surface area contributed by atoms with Crippen molar-refractivity contribution in [3.8, 4) is 5.75 Å². The Kier molecular flexibility index (Phi) is 4.83. The first kappa shape index (κ1) is 14.4. The predicted octanol–water partition coefficient (Wildman–Crippen LogP) is 3.45. The monoisotopic (exact) mass is 264 g/mol. The Hall–Kier alpha value is -1.06. The summed E-state index contributed by atoms with van der Waals surface area (Å²) in [7, 11) is 0. The first-order valence-corrected chi connectivity index (χ1v) is 7.32. The zero-order valence-corrected chi connectivity index (χ0v) is 11.5. The minimum absolute atomic E-state index is 0.0442. The van der Waals surface area contributed by atoms with E-state index in [4.69, 9.17) is 0 Å². The molecule has 19 heavy (non-hydrogen) atoms. The van der Waals surface area contributed by atoms with Crippen molar-refractivity contribution in [2.45, 2.75) is 57.7 Å². The molecule has 0 aromatic heterocycles. The lowest BCUT2D eigenvalue weighted by Gasteiger charge is -2.30. The summed E-state index contributed by atoms with van der Waals surface area (Å²) in [6, 6.07) is 5.25. The molecule has 0 bridgehead atoms. The van der Waals surface area contributed by atoms with Crippen LogP contribution in [0.25, 0.3) is 0 Å². The van der Waals surface area contributed by atoms with Crippen LogP contribution in [-0.4, -0.2) is 15.3 Å². The van der Waals surface area contributed by atoms with Crippen molar-refractivity contribution in [3.05, 3.63) is 29.3 Å². The van der Waals surface area contributed by atoms with Gasteiger partial charge >= 0.3 is 0 Å². The van der Waals surface area contributed by atoms with Crippen molar-refractivity contribution in [1.29, 1.82) is 0 Å². The summed E-state index contributed by atoms with van der Waals surface area (Å²) in [6.07, 6.45) is 5.90. The zero-order valence-electron chi connectivity index (χ0n) is 11.5. The highest BCUT2D eigenvalue weighted by Crippen LogP contribution is 2.39. The van der Waals surface area contributed by atoms with E-state index in [-0.39, 0.29) is 11.3 Å². The van der Waals surface area contributed by atoms with Crippen LogP contribution in [0.1, 0.15) is 68.8 Å². The second kappa shape index (κ2) is 6.40. The number of benzene rings is 1. The van der Waals surface area contributed by atoms with Crippen LogP contribution in [-0.2, 0) is 0 Å². The van der Waals surface area contributed by atoms with E-state index >= 15 is 0 Å². The van der Waals surface area contributed by atoms with Crippen molar-refractivity contribution in [3.63, 3.8) is 0 Å². The van der Waals surface area contributed by atoms with Gasteiger partial charge in [-0.3, -0.25) is 0 Å². The third-order valence-corrected chi connectivity index (χ3v) is 4.42. The lowest BCUT2D eigenvalue weighted by atomic mass is 9.75. The largest absolute Gasteiger partial charge is 0.507 e. The summed E-state index contributed by atoms with van der Waals surface area (Å²) in [5.41, 5.74) is 1.34. The molecular weight excluding hydrogens is 240 g/mol. The molecule has 0 radical (unpaired) electrons. The summed E-state index contributed by atoms with van der Waals surface area (Å²) in [5, 5.41) is 28.2. The molecule has 3 N–H and O–H groups in total. The third kappa shape index (κ3) is 3.28. The topological polar surface area (TPSA) is 60.7 Å². The van der Waals surface area contributed by atoms with E-state index in [0.717, 1.165) is 12.0 Å². The number of aliphatic hydroxyl groups is 2. The maximum Gasteiger partial charge on any atom is 0.182 e. The van der Waals surface area contributed by atoms with Gasteiger partial charge in [-0.2, -0.15) is 0 Å². The minimum Gasteiger partial charge on any atom is -0.507 e. The summed E-state index contributed by atoms with van der Waals surface area (Å²) in [5.74, 6) is 1.10. The fourth-order valence-corrected chi connectivity index (χ4v) is 3.39. The molecule has 0 amide bonds. The van der Waals surface area contributed by atoms with Crippen molar-refractivity contribution in [2.75, 3.05) is 0 Å². The van der Waals surface area contributed by atoms with Crippen LogP contribution in [0.15, 0.2) is 18.2 Å². The summed E-state index contributed by atoms with van der Waals surface area (Å²) in [6.45, 7) is 2.18. The molecule has 1 aliphatic carbocycles. The molecule has 2 rings (SSSR count). The third-order valence-electron chi connectivity index (χ3n) is 4.42. The number of aliphatic hydroxyl groups excluding tert-OH is 1. The molecule has 3 nitrogen and oxygen atoms in total. The quantitative estimate of drug-likeness (QED) is 0.730.